The minimum absolute atomic E-state index is 0.0590. The van der Waals surface area contributed by atoms with E-state index in [1.165, 1.54) is 30.3 Å². The highest BCUT2D eigenvalue weighted by Crippen LogP contribution is 2.27. The van der Waals surface area contributed by atoms with E-state index in [0.717, 1.165) is 6.07 Å². The van der Waals surface area contributed by atoms with Crippen molar-refractivity contribution in [1.29, 1.82) is 0 Å². The van der Waals surface area contributed by atoms with Gasteiger partial charge in [0.1, 0.15) is 0 Å². The number of anilines is 1. The van der Waals surface area contributed by atoms with Gasteiger partial charge in [0.05, 0.1) is 27.2 Å². The summed E-state index contributed by atoms with van der Waals surface area (Å²) in [6.07, 6.45) is 0.413. The van der Waals surface area contributed by atoms with Crippen molar-refractivity contribution in [1.82, 2.24) is 0 Å². The van der Waals surface area contributed by atoms with Crippen molar-refractivity contribution < 1.29 is 19.4 Å². The van der Waals surface area contributed by atoms with Gasteiger partial charge in [-0.25, -0.2) is 0 Å². The summed E-state index contributed by atoms with van der Waals surface area (Å²) in [6, 6.07) is 9.70. The quantitative estimate of drug-likeness (QED) is 0.420. The van der Waals surface area contributed by atoms with Crippen LogP contribution < -0.4 is 10.1 Å². The van der Waals surface area contributed by atoms with E-state index in [0.29, 0.717) is 6.42 Å². The predicted molar refractivity (Wildman–Crippen MR) is 94.6 cm³/mol. The van der Waals surface area contributed by atoms with E-state index in [1.54, 1.807) is 6.07 Å². The van der Waals surface area contributed by atoms with Crippen LogP contribution in [0.5, 0.6) is 5.75 Å². The van der Waals surface area contributed by atoms with Crippen LogP contribution in [0.15, 0.2) is 42.5 Å². The number of para-hydroxylation sites is 2. The fourth-order valence-electron chi connectivity index (χ4n) is 2.08. The SMILES string of the molecule is O=C(CCCOc1ccccc1[N+](=O)[O-])Nc1ccc([N+](=O)[O-])cc1Cl. The zero-order chi connectivity index (χ0) is 19.1. The topological polar surface area (TPSA) is 125 Å². The number of hydrogen-bond acceptors (Lipinski definition) is 6. The van der Waals surface area contributed by atoms with Crippen LogP contribution in [0.1, 0.15) is 12.8 Å². The molecule has 0 heterocycles. The van der Waals surface area contributed by atoms with Crippen LogP contribution in [0.25, 0.3) is 0 Å². The Morgan fingerprint density at radius 3 is 2.50 bits per heavy atom. The van der Waals surface area contributed by atoms with E-state index in [1.807, 2.05) is 0 Å². The third-order valence-corrected chi connectivity index (χ3v) is 3.62. The van der Waals surface area contributed by atoms with Crippen LogP contribution in [0.4, 0.5) is 17.1 Å². The Morgan fingerprint density at radius 2 is 1.85 bits per heavy atom. The first-order valence-electron chi connectivity index (χ1n) is 7.48. The predicted octanol–water partition coefficient (Wildman–Crippen LogP) is 3.95. The summed E-state index contributed by atoms with van der Waals surface area (Å²) in [6.45, 7) is 0.117. The highest BCUT2D eigenvalue weighted by atomic mass is 35.5. The lowest BCUT2D eigenvalue weighted by Crippen LogP contribution is -2.13. The lowest BCUT2D eigenvalue weighted by Gasteiger charge is -2.08. The minimum Gasteiger partial charge on any atom is -0.487 e. The molecule has 10 heteroatoms. The molecule has 0 radical (unpaired) electrons. The van der Waals surface area contributed by atoms with Crippen LogP contribution >= 0.6 is 11.6 Å². The molecule has 2 aromatic carbocycles. The maximum atomic E-state index is 11.9. The van der Waals surface area contributed by atoms with Crippen LogP contribution in [-0.4, -0.2) is 22.4 Å². The van der Waals surface area contributed by atoms with Gasteiger partial charge in [0.2, 0.25) is 5.91 Å². The Labute approximate surface area is 152 Å². The molecule has 0 saturated heterocycles. The third-order valence-electron chi connectivity index (χ3n) is 3.31. The molecule has 136 valence electrons. The molecule has 0 aromatic heterocycles. The van der Waals surface area contributed by atoms with E-state index >= 15 is 0 Å². The number of rotatable bonds is 8. The number of benzene rings is 2. The van der Waals surface area contributed by atoms with Gasteiger partial charge in [-0.05, 0) is 18.6 Å². The number of nitrogens with zero attached hydrogens (tertiary/aromatic N) is 2. The van der Waals surface area contributed by atoms with E-state index in [9.17, 15) is 25.0 Å². The molecule has 0 spiro atoms. The van der Waals surface area contributed by atoms with Gasteiger partial charge in [-0.2, -0.15) is 0 Å². The number of carbonyl (C=O) groups excluding carboxylic acids is 1. The highest BCUT2D eigenvalue weighted by molar-refractivity contribution is 6.33. The van der Waals surface area contributed by atoms with Crippen molar-refractivity contribution in [2.75, 3.05) is 11.9 Å². The molecule has 0 aliphatic carbocycles. The maximum Gasteiger partial charge on any atom is 0.310 e. The highest BCUT2D eigenvalue weighted by Gasteiger charge is 2.14. The lowest BCUT2D eigenvalue weighted by atomic mass is 10.2. The maximum absolute atomic E-state index is 11.9. The number of halogens is 1. The molecule has 2 rings (SSSR count). The number of ether oxygens (including phenoxy) is 1. The average Bonchev–Trinajstić information content (AvgIpc) is 2.60. The third kappa shape index (κ3) is 5.15. The number of non-ortho nitro benzene ring substituents is 1. The van der Waals surface area contributed by atoms with E-state index < -0.39 is 9.85 Å². The summed E-state index contributed by atoms with van der Waals surface area (Å²) in [5, 5.41) is 24.1. The van der Waals surface area contributed by atoms with Crippen molar-refractivity contribution in [2.24, 2.45) is 0 Å². The molecule has 0 fully saturated rings. The number of nitro groups is 2. The van der Waals surface area contributed by atoms with Gasteiger partial charge in [-0.15, -0.1) is 0 Å². The van der Waals surface area contributed by atoms with Gasteiger partial charge in [-0.3, -0.25) is 25.0 Å². The Morgan fingerprint density at radius 1 is 1.12 bits per heavy atom. The van der Waals surface area contributed by atoms with Crippen LogP contribution in [0.3, 0.4) is 0 Å². The van der Waals surface area contributed by atoms with Crippen molar-refractivity contribution in [2.45, 2.75) is 12.8 Å². The smallest absolute Gasteiger partial charge is 0.310 e. The van der Waals surface area contributed by atoms with Crippen molar-refractivity contribution in [3.63, 3.8) is 0 Å². The zero-order valence-corrected chi connectivity index (χ0v) is 14.1. The average molecular weight is 380 g/mol. The van der Waals surface area contributed by atoms with Crippen LogP contribution in [0.2, 0.25) is 5.02 Å². The van der Waals surface area contributed by atoms with Crippen molar-refractivity contribution >= 4 is 34.6 Å². The van der Waals surface area contributed by atoms with Crippen LogP contribution in [0, 0.1) is 20.2 Å². The van der Waals surface area contributed by atoms with Gasteiger partial charge in [-0.1, -0.05) is 23.7 Å². The first kappa shape index (κ1) is 19.1. The zero-order valence-electron chi connectivity index (χ0n) is 13.4. The molecule has 0 unspecified atom stereocenters. The Kier molecular flexibility index (Phi) is 6.45. The molecule has 0 aliphatic heterocycles. The van der Waals surface area contributed by atoms with Gasteiger partial charge < -0.3 is 10.1 Å². The first-order valence-corrected chi connectivity index (χ1v) is 7.86. The Hall–Kier alpha value is -3.20. The van der Waals surface area contributed by atoms with Gasteiger partial charge in [0, 0.05) is 24.6 Å². The molecule has 1 amide bonds. The molecule has 1 N–H and O–H groups in total. The fraction of sp³-hybridized carbons (Fsp3) is 0.188. The van der Waals surface area contributed by atoms with Gasteiger partial charge in [0.15, 0.2) is 5.75 Å². The van der Waals surface area contributed by atoms with Crippen molar-refractivity contribution in [3.8, 4) is 5.75 Å². The Balaban J connectivity index is 1.83. The lowest BCUT2D eigenvalue weighted by molar-refractivity contribution is -0.385. The number of carbonyl (C=O) groups is 1. The Bertz CT molecular complexity index is 842. The normalized spacial score (nSPS) is 10.2. The van der Waals surface area contributed by atoms with E-state index in [2.05, 4.69) is 5.32 Å². The number of hydrogen-bond donors (Lipinski definition) is 1. The van der Waals surface area contributed by atoms with Gasteiger partial charge in [0.25, 0.3) is 5.69 Å². The molecular formula is C16H14ClN3O6. The molecule has 26 heavy (non-hydrogen) atoms. The standard InChI is InChI=1S/C16H14ClN3O6/c17-12-10-11(19(22)23)7-8-13(12)18-16(21)6-3-9-26-15-5-2-1-4-14(15)20(24)25/h1-2,4-5,7-8,10H,3,6,9H2,(H,18,21). The van der Waals surface area contributed by atoms with Crippen LogP contribution in [-0.2, 0) is 4.79 Å². The monoisotopic (exact) mass is 379 g/mol. The van der Waals surface area contributed by atoms with Crippen molar-refractivity contribution in [3.05, 3.63) is 67.7 Å². The summed E-state index contributed by atoms with van der Waals surface area (Å²) >= 11 is 5.90. The molecule has 0 aliphatic rings. The molecule has 9 nitrogen and oxygen atoms in total. The second-order valence-corrected chi connectivity index (χ2v) is 5.55. The largest absolute Gasteiger partial charge is 0.487 e. The molecule has 2 aromatic rings. The molecule has 0 bridgehead atoms. The first-order chi connectivity index (χ1) is 12.4. The van der Waals surface area contributed by atoms with E-state index in [4.69, 9.17) is 16.3 Å². The number of amides is 1. The van der Waals surface area contributed by atoms with Gasteiger partial charge >= 0.3 is 5.69 Å². The second kappa shape index (κ2) is 8.77. The summed E-state index contributed by atoms with van der Waals surface area (Å²) in [5.74, 6) is -0.219. The number of nitro benzene ring substituents is 2. The summed E-state index contributed by atoms with van der Waals surface area (Å²) in [4.78, 5) is 32.3. The van der Waals surface area contributed by atoms with E-state index in [-0.39, 0.29) is 46.8 Å². The number of nitrogens with one attached hydrogen (secondary N) is 1. The second-order valence-electron chi connectivity index (χ2n) is 5.15. The molecular weight excluding hydrogens is 366 g/mol. The molecule has 0 saturated carbocycles. The fourth-order valence-corrected chi connectivity index (χ4v) is 2.30. The summed E-state index contributed by atoms with van der Waals surface area (Å²) in [7, 11) is 0. The summed E-state index contributed by atoms with van der Waals surface area (Å²) < 4.78 is 5.34. The molecule has 0 atom stereocenters. The summed E-state index contributed by atoms with van der Waals surface area (Å²) in [5.41, 5.74) is -0.0534. The minimum atomic E-state index is -0.586.